The number of rotatable bonds is 5. The van der Waals surface area contributed by atoms with Crippen LogP contribution in [0.3, 0.4) is 0 Å². The van der Waals surface area contributed by atoms with Gasteiger partial charge in [0.05, 0.1) is 6.21 Å². The number of aryl methyl sites for hydroxylation is 3. The van der Waals surface area contributed by atoms with Crippen LogP contribution >= 0.6 is 0 Å². The second kappa shape index (κ2) is 7.70. The predicted octanol–water partition coefficient (Wildman–Crippen LogP) is 2.86. The van der Waals surface area contributed by atoms with Gasteiger partial charge in [-0.2, -0.15) is 5.10 Å². The van der Waals surface area contributed by atoms with E-state index in [2.05, 4.69) is 10.5 Å². The van der Waals surface area contributed by atoms with Crippen LogP contribution in [0, 0.1) is 27.7 Å². The number of hydrazone groups is 1. The van der Waals surface area contributed by atoms with E-state index in [1.165, 1.54) is 12.3 Å². The lowest BCUT2D eigenvalue weighted by Gasteiger charge is -2.11. The molecule has 132 valence electrons. The molecule has 0 bridgehead atoms. The highest BCUT2D eigenvalue weighted by atomic mass is 16.5. The van der Waals surface area contributed by atoms with Crippen molar-refractivity contribution in [3.63, 3.8) is 0 Å². The molecule has 1 amide bonds. The smallest absolute Gasteiger partial charge is 0.277 e. The number of phenolic OH excluding ortho intramolecular Hbond substituents is 2. The van der Waals surface area contributed by atoms with Gasteiger partial charge >= 0.3 is 0 Å². The van der Waals surface area contributed by atoms with Gasteiger partial charge in [0, 0.05) is 11.1 Å². The molecule has 0 saturated heterocycles. The van der Waals surface area contributed by atoms with Crippen molar-refractivity contribution in [2.45, 2.75) is 27.7 Å². The lowest BCUT2D eigenvalue weighted by molar-refractivity contribution is -0.123. The zero-order valence-electron chi connectivity index (χ0n) is 14.8. The summed E-state index contributed by atoms with van der Waals surface area (Å²) >= 11 is 0. The van der Waals surface area contributed by atoms with Crippen LogP contribution in [-0.2, 0) is 4.79 Å². The molecule has 6 nitrogen and oxygen atoms in total. The molecule has 2 aromatic carbocycles. The van der Waals surface area contributed by atoms with Gasteiger partial charge in [0.2, 0.25) is 0 Å². The lowest BCUT2D eigenvalue weighted by Crippen LogP contribution is -2.25. The molecule has 0 heterocycles. The Morgan fingerprint density at radius 3 is 2.44 bits per heavy atom. The minimum Gasteiger partial charge on any atom is -0.508 e. The van der Waals surface area contributed by atoms with Gasteiger partial charge in [-0.05, 0) is 50.5 Å². The molecule has 0 aromatic heterocycles. The van der Waals surface area contributed by atoms with E-state index in [1.54, 1.807) is 13.8 Å². The summed E-state index contributed by atoms with van der Waals surface area (Å²) in [6.07, 6.45) is 1.34. The molecule has 0 aliphatic heterocycles. The van der Waals surface area contributed by atoms with Crippen molar-refractivity contribution in [2.75, 3.05) is 6.61 Å². The van der Waals surface area contributed by atoms with Gasteiger partial charge < -0.3 is 14.9 Å². The number of hydrogen-bond acceptors (Lipinski definition) is 5. The van der Waals surface area contributed by atoms with E-state index in [-0.39, 0.29) is 18.1 Å². The molecule has 3 N–H and O–H groups in total. The number of nitrogens with zero attached hydrogens (tertiary/aromatic N) is 1. The first-order valence-electron chi connectivity index (χ1n) is 7.84. The van der Waals surface area contributed by atoms with Crippen LogP contribution in [-0.4, -0.2) is 28.9 Å². The molecule has 0 fully saturated rings. The van der Waals surface area contributed by atoms with E-state index in [9.17, 15) is 15.0 Å². The van der Waals surface area contributed by atoms with Crippen LogP contribution in [0.1, 0.15) is 27.8 Å². The molecule has 0 unspecified atom stereocenters. The highest BCUT2D eigenvalue weighted by Gasteiger charge is 2.11. The molecule has 0 aliphatic rings. The summed E-state index contributed by atoms with van der Waals surface area (Å²) in [6, 6.07) is 7.28. The quantitative estimate of drug-likeness (QED) is 0.575. The summed E-state index contributed by atoms with van der Waals surface area (Å²) in [5.41, 5.74) is 5.71. The zero-order chi connectivity index (χ0) is 18.6. The number of para-hydroxylation sites is 1. The molecule has 0 atom stereocenters. The molecule has 0 spiro atoms. The fourth-order valence-corrected chi connectivity index (χ4v) is 2.43. The summed E-state index contributed by atoms with van der Waals surface area (Å²) in [7, 11) is 0. The van der Waals surface area contributed by atoms with Gasteiger partial charge in [-0.1, -0.05) is 18.2 Å². The van der Waals surface area contributed by atoms with Crippen molar-refractivity contribution in [3.8, 4) is 17.2 Å². The van der Waals surface area contributed by atoms with Crippen molar-refractivity contribution in [3.05, 3.63) is 52.1 Å². The molecule has 0 saturated carbocycles. The molecule has 0 radical (unpaired) electrons. The average Bonchev–Trinajstić information content (AvgIpc) is 2.55. The second-order valence-electron chi connectivity index (χ2n) is 5.90. The standard InChI is InChI=1S/C19H22N2O4/c1-11-6-5-7-12(2)19(11)25-10-17(23)21-20-9-15-13(3)8-16(22)14(4)18(15)24/h5-9,22,24H,10H2,1-4H3,(H,21,23)/b20-9-. The first kappa shape index (κ1) is 18.3. The molecular weight excluding hydrogens is 320 g/mol. The van der Waals surface area contributed by atoms with Crippen molar-refractivity contribution in [1.82, 2.24) is 5.43 Å². The fraction of sp³-hybridized carbons (Fsp3) is 0.263. The van der Waals surface area contributed by atoms with E-state index in [4.69, 9.17) is 4.74 Å². The maximum absolute atomic E-state index is 11.9. The monoisotopic (exact) mass is 342 g/mol. The summed E-state index contributed by atoms with van der Waals surface area (Å²) < 4.78 is 5.55. The van der Waals surface area contributed by atoms with Gasteiger partial charge in [0.25, 0.3) is 5.91 Å². The first-order valence-corrected chi connectivity index (χ1v) is 7.84. The molecular formula is C19H22N2O4. The van der Waals surface area contributed by atoms with E-state index < -0.39 is 5.91 Å². The van der Waals surface area contributed by atoms with Gasteiger partial charge in [-0.25, -0.2) is 5.43 Å². The minimum atomic E-state index is -0.411. The van der Waals surface area contributed by atoms with Crippen LogP contribution in [0.15, 0.2) is 29.4 Å². The number of hydrogen-bond donors (Lipinski definition) is 3. The SMILES string of the molecule is Cc1cc(O)c(C)c(O)c1/C=N\NC(=O)COc1c(C)cccc1C. The number of carbonyl (C=O) groups excluding carboxylic acids is 1. The molecule has 0 aliphatic carbocycles. The lowest BCUT2D eigenvalue weighted by atomic mass is 10.0. The highest BCUT2D eigenvalue weighted by molar-refractivity contribution is 5.88. The number of nitrogens with one attached hydrogen (secondary N) is 1. The summed E-state index contributed by atoms with van der Waals surface area (Å²) in [6.45, 7) is 6.99. The van der Waals surface area contributed by atoms with Crippen molar-refractivity contribution in [2.24, 2.45) is 5.10 Å². The second-order valence-corrected chi connectivity index (χ2v) is 5.90. The third-order valence-corrected chi connectivity index (χ3v) is 3.91. The Bertz CT molecular complexity index is 808. The molecule has 2 aromatic rings. The van der Waals surface area contributed by atoms with Crippen LogP contribution in [0.4, 0.5) is 0 Å². The van der Waals surface area contributed by atoms with Crippen LogP contribution in [0.25, 0.3) is 0 Å². The van der Waals surface area contributed by atoms with E-state index >= 15 is 0 Å². The van der Waals surface area contributed by atoms with Crippen molar-refractivity contribution < 1.29 is 19.7 Å². The minimum absolute atomic E-state index is 0.0122. The number of benzene rings is 2. The highest BCUT2D eigenvalue weighted by Crippen LogP contribution is 2.31. The third kappa shape index (κ3) is 4.29. The summed E-state index contributed by atoms with van der Waals surface area (Å²) in [5, 5.41) is 23.5. The van der Waals surface area contributed by atoms with Gasteiger partial charge in [0.1, 0.15) is 17.2 Å². The maximum Gasteiger partial charge on any atom is 0.277 e. The summed E-state index contributed by atoms with van der Waals surface area (Å²) in [4.78, 5) is 11.9. The number of amides is 1. The van der Waals surface area contributed by atoms with Crippen molar-refractivity contribution >= 4 is 12.1 Å². The Morgan fingerprint density at radius 2 is 1.80 bits per heavy atom. The molecule has 2 rings (SSSR count). The van der Waals surface area contributed by atoms with E-state index in [0.29, 0.717) is 22.4 Å². The van der Waals surface area contributed by atoms with Crippen molar-refractivity contribution in [1.29, 1.82) is 0 Å². The van der Waals surface area contributed by atoms with Gasteiger partial charge in [-0.15, -0.1) is 0 Å². The van der Waals surface area contributed by atoms with Gasteiger partial charge in [0.15, 0.2) is 6.61 Å². The first-order chi connectivity index (χ1) is 11.8. The fourth-order valence-electron chi connectivity index (χ4n) is 2.43. The van der Waals surface area contributed by atoms with Crippen LogP contribution < -0.4 is 10.2 Å². The Labute approximate surface area is 146 Å². The van der Waals surface area contributed by atoms with Gasteiger partial charge in [-0.3, -0.25) is 4.79 Å². The zero-order valence-corrected chi connectivity index (χ0v) is 14.8. The van der Waals surface area contributed by atoms with E-state index in [0.717, 1.165) is 11.1 Å². The number of carbonyl (C=O) groups is 1. The van der Waals surface area contributed by atoms with Crippen LogP contribution in [0.2, 0.25) is 0 Å². The average molecular weight is 342 g/mol. The Hall–Kier alpha value is -3.02. The topological polar surface area (TPSA) is 91.1 Å². The maximum atomic E-state index is 11.9. The number of ether oxygens (including phenoxy) is 1. The third-order valence-electron chi connectivity index (χ3n) is 3.91. The number of aromatic hydroxyl groups is 2. The normalized spacial score (nSPS) is 10.9. The Kier molecular flexibility index (Phi) is 5.64. The Morgan fingerprint density at radius 1 is 1.16 bits per heavy atom. The summed E-state index contributed by atoms with van der Waals surface area (Å²) in [5.74, 6) is 0.219. The molecule has 25 heavy (non-hydrogen) atoms. The molecule has 6 heteroatoms. The van der Waals surface area contributed by atoms with Crippen LogP contribution in [0.5, 0.6) is 17.2 Å². The van der Waals surface area contributed by atoms with E-state index in [1.807, 2.05) is 32.0 Å². The predicted molar refractivity (Wildman–Crippen MR) is 96.4 cm³/mol. The Balaban J connectivity index is 1.99. The largest absolute Gasteiger partial charge is 0.508 e. The number of phenols is 2.